The summed E-state index contributed by atoms with van der Waals surface area (Å²) >= 11 is 1.51. The molecule has 3 rings (SSSR count). The summed E-state index contributed by atoms with van der Waals surface area (Å²) in [7, 11) is 0. The van der Waals surface area contributed by atoms with E-state index < -0.39 is 11.8 Å². The minimum absolute atomic E-state index is 0.0972. The zero-order valence-corrected chi connectivity index (χ0v) is 13.3. The number of esters is 1. The third-order valence-electron chi connectivity index (χ3n) is 3.20. The Balaban J connectivity index is 1.67. The molecule has 0 aliphatic carbocycles. The van der Waals surface area contributed by atoms with Crippen LogP contribution in [0, 0.1) is 5.82 Å². The number of hydrogen-bond acceptors (Lipinski definition) is 4. The van der Waals surface area contributed by atoms with Gasteiger partial charge in [0, 0.05) is 9.79 Å². The van der Waals surface area contributed by atoms with Crippen LogP contribution in [0.2, 0.25) is 0 Å². The van der Waals surface area contributed by atoms with Gasteiger partial charge in [0.25, 0.3) is 0 Å². The number of carbonyl (C=O) groups excluding carboxylic acids is 1. The van der Waals surface area contributed by atoms with E-state index in [0.717, 1.165) is 9.79 Å². The number of carbonyl (C=O) groups is 1. The lowest BCUT2D eigenvalue weighted by Gasteiger charge is -2.06. The van der Waals surface area contributed by atoms with Gasteiger partial charge in [-0.15, -0.1) is 0 Å². The van der Waals surface area contributed by atoms with Crippen LogP contribution in [0.15, 0.2) is 82.6 Å². The fourth-order valence-electron chi connectivity index (χ4n) is 2.01. The highest BCUT2D eigenvalue weighted by Gasteiger charge is 2.13. The molecule has 0 amide bonds. The monoisotopic (exact) mass is 340 g/mol. The van der Waals surface area contributed by atoms with E-state index >= 15 is 0 Å². The van der Waals surface area contributed by atoms with Gasteiger partial charge in [0.05, 0.1) is 5.56 Å². The molecule has 24 heavy (non-hydrogen) atoms. The SMILES string of the molecule is O=C(Oc1ccc(Sc2ccc(O)cc2)cc1)c1ccccc1F. The van der Waals surface area contributed by atoms with Gasteiger partial charge in [0.2, 0.25) is 0 Å². The van der Waals surface area contributed by atoms with Crippen LogP contribution in [0.25, 0.3) is 0 Å². The normalized spacial score (nSPS) is 10.4. The van der Waals surface area contributed by atoms with Gasteiger partial charge in [-0.1, -0.05) is 23.9 Å². The van der Waals surface area contributed by atoms with Crippen molar-refractivity contribution < 1.29 is 19.0 Å². The minimum Gasteiger partial charge on any atom is -0.508 e. The maximum atomic E-state index is 13.6. The second kappa shape index (κ2) is 7.19. The first-order chi connectivity index (χ1) is 11.6. The Morgan fingerprint density at radius 2 is 1.46 bits per heavy atom. The highest BCUT2D eigenvalue weighted by Crippen LogP contribution is 2.30. The number of phenols is 1. The second-order valence-electron chi connectivity index (χ2n) is 4.94. The van der Waals surface area contributed by atoms with E-state index in [2.05, 4.69) is 0 Å². The number of ether oxygens (including phenoxy) is 1. The third-order valence-corrected chi connectivity index (χ3v) is 4.22. The van der Waals surface area contributed by atoms with Crippen molar-refractivity contribution in [3.8, 4) is 11.5 Å². The molecule has 0 fully saturated rings. The van der Waals surface area contributed by atoms with E-state index in [1.807, 2.05) is 24.3 Å². The largest absolute Gasteiger partial charge is 0.508 e. The second-order valence-corrected chi connectivity index (χ2v) is 6.08. The van der Waals surface area contributed by atoms with E-state index in [1.54, 1.807) is 30.3 Å². The van der Waals surface area contributed by atoms with Gasteiger partial charge in [-0.3, -0.25) is 0 Å². The maximum absolute atomic E-state index is 13.6. The van der Waals surface area contributed by atoms with Crippen molar-refractivity contribution in [2.75, 3.05) is 0 Å². The Labute approximate surface area is 142 Å². The molecule has 3 nitrogen and oxygen atoms in total. The molecule has 0 bridgehead atoms. The molecule has 120 valence electrons. The molecule has 0 aromatic heterocycles. The summed E-state index contributed by atoms with van der Waals surface area (Å²) in [6.45, 7) is 0. The molecule has 0 atom stereocenters. The van der Waals surface area contributed by atoms with Crippen molar-refractivity contribution in [1.29, 1.82) is 0 Å². The molecule has 0 aliphatic heterocycles. The number of aromatic hydroxyl groups is 1. The molecule has 0 unspecified atom stereocenters. The Kier molecular flexibility index (Phi) is 4.82. The summed E-state index contributed by atoms with van der Waals surface area (Å²) in [6, 6.07) is 19.5. The van der Waals surface area contributed by atoms with E-state index in [1.165, 1.54) is 30.0 Å². The van der Waals surface area contributed by atoms with Gasteiger partial charge in [-0.25, -0.2) is 9.18 Å². The highest BCUT2D eigenvalue weighted by molar-refractivity contribution is 7.99. The summed E-state index contributed by atoms with van der Waals surface area (Å²) in [5.74, 6) is -0.776. The van der Waals surface area contributed by atoms with Gasteiger partial charge in [-0.2, -0.15) is 0 Å². The Hall–Kier alpha value is -2.79. The van der Waals surface area contributed by atoms with Crippen LogP contribution in [0.4, 0.5) is 4.39 Å². The molecule has 1 N–H and O–H groups in total. The average molecular weight is 340 g/mol. The summed E-state index contributed by atoms with van der Waals surface area (Å²) in [5, 5.41) is 9.27. The molecule has 0 heterocycles. The fraction of sp³-hybridized carbons (Fsp3) is 0. The van der Waals surface area contributed by atoms with Gasteiger partial charge in [0.1, 0.15) is 17.3 Å². The van der Waals surface area contributed by atoms with E-state index in [-0.39, 0.29) is 11.3 Å². The molecular formula is C19H13FO3S. The van der Waals surface area contributed by atoms with Crippen LogP contribution in [0.1, 0.15) is 10.4 Å². The fourth-order valence-corrected chi connectivity index (χ4v) is 2.83. The standard InChI is InChI=1S/C19H13FO3S/c20-18-4-2-1-3-17(18)19(22)23-14-7-11-16(12-8-14)24-15-9-5-13(21)6-10-15/h1-12,21H. The van der Waals surface area contributed by atoms with Crippen LogP contribution in [-0.2, 0) is 0 Å². The quantitative estimate of drug-likeness (QED) is 0.542. The molecule has 0 saturated heterocycles. The first-order valence-corrected chi connectivity index (χ1v) is 7.97. The van der Waals surface area contributed by atoms with Crippen molar-refractivity contribution in [3.05, 3.63) is 84.2 Å². The molecule has 0 spiro atoms. The summed E-state index contributed by atoms with van der Waals surface area (Å²) < 4.78 is 18.7. The molecule has 0 saturated carbocycles. The van der Waals surface area contributed by atoms with Gasteiger partial charge < -0.3 is 9.84 Å². The molecule has 3 aromatic rings. The molecule has 0 aliphatic rings. The number of rotatable bonds is 4. The van der Waals surface area contributed by atoms with Gasteiger partial charge in [0.15, 0.2) is 0 Å². The lowest BCUT2D eigenvalue weighted by molar-refractivity contribution is 0.0730. The minimum atomic E-state index is -0.730. The maximum Gasteiger partial charge on any atom is 0.346 e. The molecular weight excluding hydrogens is 327 g/mol. The first-order valence-electron chi connectivity index (χ1n) is 7.15. The van der Waals surface area contributed by atoms with Crippen molar-refractivity contribution >= 4 is 17.7 Å². The van der Waals surface area contributed by atoms with E-state index in [4.69, 9.17) is 4.74 Å². The molecule has 0 radical (unpaired) electrons. The number of phenolic OH excluding ortho intramolecular Hbond substituents is 1. The molecule has 3 aromatic carbocycles. The van der Waals surface area contributed by atoms with Crippen LogP contribution in [0.3, 0.4) is 0 Å². The van der Waals surface area contributed by atoms with Crippen LogP contribution in [-0.4, -0.2) is 11.1 Å². The Bertz CT molecular complexity index is 845. The number of benzene rings is 3. The van der Waals surface area contributed by atoms with Crippen molar-refractivity contribution in [2.24, 2.45) is 0 Å². The number of halogens is 1. The van der Waals surface area contributed by atoms with Crippen LogP contribution in [0.5, 0.6) is 11.5 Å². The summed E-state index contributed by atoms with van der Waals surface area (Å²) in [4.78, 5) is 13.9. The van der Waals surface area contributed by atoms with Crippen molar-refractivity contribution in [2.45, 2.75) is 9.79 Å². The summed E-state index contributed by atoms with van der Waals surface area (Å²) in [5.41, 5.74) is -0.0972. The zero-order valence-electron chi connectivity index (χ0n) is 12.5. The lowest BCUT2D eigenvalue weighted by Crippen LogP contribution is -2.10. The smallest absolute Gasteiger partial charge is 0.346 e. The van der Waals surface area contributed by atoms with Crippen molar-refractivity contribution in [1.82, 2.24) is 0 Å². The predicted octanol–water partition coefficient (Wildman–Crippen LogP) is 4.90. The number of hydrogen-bond donors (Lipinski definition) is 1. The zero-order chi connectivity index (χ0) is 16.9. The van der Waals surface area contributed by atoms with Crippen LogP contribution < -0.4 is 4.74 Å². The van der Waals surface area contributed by atoms with E-state index in [9.17, 15) is 14.3 Å². The van der Waals surface area contributed by atoms with Gasteiger partial charge in [-0.05, 0) is 60.7 Å². The molecule has 5 heteroatoms. The van der Waals surface area contributed by atoms with Crippen molar-refractivity contribution in [3.63, 3.8) is 0 Å². The highest BCUT2D eigenvalue weighted by atomic mass is 32.2. The average Bonchev–Trinajstić information content (AvgIpc) is 2.59. The third kappa shape index (κ3) is 3.94. The first kappa shape index (κ1) is 16.1. The topological polar surface area (TPSA) is 46.5 Å². The Morgan fingerprint density at radius 3 is 2.08 bits per heavy atom. The van der Waals surface area contributed by atoms with Gasteiger partial charge >= 0.3 is 5.97 Å². The lowest BCUT2D eigenvalue weighted by atomic mass is 10.2. The van der Waals surface area contributed by atoms with E-state index in [0.29, 0.717) is 5.75 Å². The van der Waals surface area contributed by atoms with Crippen LogP contribution >= 0.6 is 11.8 Å². The summed E-state index contributed by atoms with van der Waals surface area (Å²) in [6.07, 6.45) is 0. The predicted molar refractivity (Wildman–Crippen MR) is 90.0 cm³/mol. The Morgan fingerprint density at radius 1 is 0.875 bits per heavy atom.